The number of nitrogens with one attached hydrogen (secondary N) is 1. The second kappa shape index (κ2) is 4.35. The molecule has 1 atom stereocenters. The predicted molar refractivity (Wildman–Crippen MR) is 62.3 cm³/mol. The first-order chi connectivity index (χ1) is 7.92. The lowest BCUT2D eigenvalue weighted by atomic mass is 10.1. The van der Waals surface area contributed by atoms with Crippen LogP contribution in [0.3, 0.4) is 0 Å². The van der Waals surface area contributed by atoms with Crippen molar-refractivity contribution in [2.75, 3.05) is 44.6 Å². The molecule has 0 radical (unpaired) electrons. The van der Waals surface area contributed by atoms with E-state index in [1.807, 2.05) is 6.07 Å². The van der Waals surface area contributed by atoms with Gasteiger partial charge in [-0.25, -0.2) is 9.97 Å². The van der Waals surface area contributed by atoms with Crippen molar-refractivity contribution >= 4 is 5.95 Å². The predicted octanol–water partition coefficient (Wildman–Crippen LogP) is -0.112. The number of piperazine rings is 3. The summed E-state index contributed by atoms with van der Waals surface area (Å²) < 4.78 is 0. The first kappa shape index (κ1) is 9.99. The van der Waals surface area contributed by atoms with Gasteiger partial charge in [-0.05, 0) is 6.07 Å². The van der Waals surface area contributed by atoms with E-state index in [0.29, 0.717) is 6.04 Å². The van der Waals surface area contributed by atoms with E-state index in [-0.39, 0.29) is 0 Å². The Morgan fingerprint density at radius 3 is 2.56 bits per heavy atom. The van der Waals surface area contributed by atoms with Crippen molar-refractivity contribution in [2.24, 2.45) is 0 Å². The number of nitrogens with zero attached hydrogens (tertiary/aromatic N) is 4. The molecule has 3 aliphatic heterocycles. The molecular weight excluding hydrogens is 202 g/mol. The summed E-state index contributed by atoms with van der Waals surface area (Å²) in [6.07, 6.45) is 3.54. The molecule has 1 aromatic heterocycles. The van der Waals surface area contributed by atoms with Gasteiger partial charge in [0.1, 0.15) is 0 Å². The van der Waals surface area contributed by atoms with E-state index >= 15 is 0 Å². The van der Waals surface area contributed by atoms with E-state index in [1.54, 1.807) is 12.4 Å². The molecule has 2 bridgehead atoms. The Labute approximate surface area is 95.5 Å². The standard InChI is InChI=1S/C11H17N5/c1-2-12-11(13-3-1)14-8-10-9-15-4-6-16(10)7-5-15/h1-3,10H,4-9H2,(H,12,13,14). The van der Waals surface area contributed by atoms with Crippen LogP contribution in [-0.4, -0.2) is 65.1 Å². The van der Waals surface area contributed by atoms with Crippen LogP contribution in [0.5, 0.6) is 0 Å². The molecule has 1 aromatic rings. The topological polar surface area (TPSA) is 44.3 Å². The van der Waals surface area contributed by atoms with Gasteiger partial charge in [-0.1, -0.05) is 0 Å². The highest BCUT2D eigenvalue weighted by molar-refractivity contribution is 5.22. The molecule has 16 heavy (non-hydrogen) atoms. The van der Waals surface area contributed by atoms with Gasteiger partial charge < -0.3 is 5.32 Å². The van der Waals surface area contributed by atoms with Gasteiger partial charge >= 0.3 is 0 Å². The Bertz CT molecular complexity index is 333. The van der Waals surface area contributed by atoms with Gasteiger partial charge in [0.2, 0.25) is 5.95 Å². The molecule has 1 unspecified atom stereocenters. The number of aromatic nitrogens is 2. The Balaban J connectivity index is 1.56. The quantitative estimate of drug-likeness (QED) is 0.768. The fourth-order valence-corrected chi connectivity index (χ4v) is 2.52. The van der Waals surface area contributed by atoms with Crippen LogP contribution in [0.2, 0.25) is 0 Å². The zero-order chi connectivity index (χ0) is 10.8. The van der Waals surface area contributed by atoms with E-state index in [9.17, 15) is 0 Å². The maximum Gasteiger partial charge on any atom is 0.222 e. The number of hydrogen-bond donors (Lipinski definition) is 1. The smallest absolute Gasteiger partial charge is 0.222 e. The van der Waals surface area contributed by atoms with Crippen molar-refractivity contribution in [3.8, 4) is 0 Å². The van der Waals surface area contributed by atoms with Crippen LogP contribution >= 0.6 is 0 Å². The first-order valence-electron chi connectivity index (χ1n) is 5.89. The molecule has 0 spiro atoms. The maximum atomic E-state index is 4.17. The summed E-state index contributed by atoms with van der Waals surface area (Å²) in [4.78, 5) is 13.4. The molecule has 0 amide bonds. The normalized spacial score (nSPS) is 32.6. The molecule has 4 heterocycles. The Kier molecular flexibility index (Phi) is 2.71. The lowest BCUT2D eigenvalue weighted by Crippen LogP contribution is -2.62. The van der Waals surface area contributed by atoms with Gasteiger partial charge in [0.15, 0.2) is 0 Å². The van der Waals surface area contributed by atoms with Gasteiger partial charge in [-0.15, -0.1) is 0 Å². The minimum atomic E-state index is 0.617. The minimum Gasteiger partial charge on any atom is -0.353 e. The van der Waals surface area contributed by atoms with E-state index in [0.717, 1.165) is 12.5 Å². The third kappa shape index (κ3) is 2.01. The summed E-state index contributed by atoms with van der Waals surface area (Å²) in [5.41, 5.74) is 0. The van der Waals surface area contributed by atoms with Crippen LogP contribution in [-0.2, 0) is 0 Å². The van der Waals surface area contributed by atoms with Gasteiger partial charge in [-0.2, -0.15) is 0 Å². The molecule has 5 heteroatoms. The molecule has 3 fully saturated rings. The average Bonchev–Trinajstić information content (AvgIpc) is 2.39. The average molecular weight is 219 g/mol. The summed E-state index contributed by atoms with van der Waals surface area (Å²) in [5.74, 6) is 0.736. The molecule has 3 aliphatic rings. The SMILES string of the molecule is c1cnc(NCC2CN3CCN2CC3)nc1. The largest absolute Gasteiger partial charge is 0.353 e. The summed E-state index contributed by atoms with van der Waals surface area (Å²) in [5, 5.41) is 3.31. The van der Waals surface area contributed by atoms with Crippen LogP contribution in [0, 0.1) is 0 Å². The van der Waals surface area contributed by atoms with Gasteiger partial charge in [-0.3, -0.25) is 9.80 Å². The fourth-order valence-electron chi connectivity index (χ4n) is 2.52. The zero-order valence-corrected chi connectivity index (χ0v) is 9.34. The van der Waals surface area contributed by atoms with Gasteiger partial charge in [0, 0.05) is 57.7 Å². The van der Waals surface area contributed by atoms with Crippen molar-refractivity contribution in [3.05, 3.63) is 18.5 Å². The van der Waals surface area contributed by atoms with Crippen LogP contribution in [0.25, 0.3) is 0 Å². The maximum absolute atomic E-state index is 4.17. The van der Waals surface area contributed by atoms with Crippen LogP contribution in [0.1, 0.15) is 0 Å². The number of hydrogen-bond acceptors (Lipinski definition) is 5. The monoisotopic (exact) mass is 219 g/mol. The van der Waals surface area contributed by atoms with E-state index in [1.165, 1.54) is 32.7 Å². The molecule has 0 aromatic carbocycles. The second-order valence-electron chi connectivity index (χ2n) is 4.44. The molecule has 3 saturated heterocycles. The van der Waals surface area contributed by atoms with Crippen LogP contribution < -0.4 is 5.32 Å². The number of rotatable bonds is 3. The highest BCUT2D eigenvalue weighted by Gasteiger charge is 2.31. The van der Waals surface area contributed by atoms with Crippen molar-refractivity contribution in [2.45, 2.75) is 6.04 Å². The third-order valence-electron chi connectivity index (χ3n) is 3.45. The van der Waals surface area contributed by atoms with E-state index in [4.69, 9.17) is 0 Å². The molecular formula is C11H17N5. The number of fused-ring (bicyclic) bond motifs is 3. The van der Waals surface area contributed by atoms with Gasteiger partial charge in [0.25, 0.3) is 0 Å². The molecule has 1 N–H and O–H groups in total. The van der Waals surface area contributed by atoms with Crippen molar-refractivity contribution in [3.63, 3.8) is 0 Å². The third-order valence-corrected chi connectivity index (χ3v) is 3.45. The molecule has 86 valence electrons. The molecule has 0 saturated carbocycles. The summed E-state index contributed by atoms with van der Waals surface area (Å²) in [7, 11) is 0. The van der Waals surface area contributed by atoms with Crippen molar-refractivity contribution < 1.29 is 0 Å². The van der Waals surface area contributed by atoms with Crippen LogP contribution in [0.4, 0.5) is 5.95 Å². The lowest BCUT2D eigenvalue weighted by Gasteiger charge is -2.47. The van der Waals surface area contributed by atoms with Gasteiger partial charge in [0.05, 0.1) is 0 Å². The van der Waals surface area contributed by atoms with Crippen molar-refractivity contribution in [1.82, 2.24) is 19.8 Å². The molecule has 4 rings (SSSR count). The van der Waals surface area contributed by atoms with E-state index in [2.05, 4.69) is 25.1 Å². The second-order valence-corrected chi connectivity index (χ2v) is 4.44. The Morgan fingerprint density at radius 1 is 1.19 bits per heavy atom. The highest BCUT2D eigenvalue weighted by Crippen LogP contribution is 2.15. The fraction of sp³-hybridized carbons (Fsp3) is 0.636. The van der Waals surface area contributed by atoms with Crippen LogP contribution in [0.15, 0.2) is 18.5 Å². The summed E-state index contributed by atoms with van der Waals surface area (Å²) in [6.45, 7) is 7.01. The van der Waals surface area contributed by atoms with Crippen molar-refractivity contribution in [1.29, 1.82) is 0 Å². The Hall–Kier alpha value is -1.20. The minimum absolute atomic E-state index is 0.617. The summed E-state index contributed by atoms with van der Waals surface area (Å²) >= 11 is 0. The molecule has 5 nitrogen and oxygen atoms in total. The molecule has 0 aliphatic carbocycles. The summed E-state index contributed by atoms with van der Waals surface area (Å²) in [6, 6.07) is 2.45. The Morgan fingerprint density at radius 2 is 1.94 bits per heavy atom. The first-order valence-corrected chi connectivity index (χ1v) is 5.89. The number of anilines is 1. The van der Waals surface area contributed by atoms with E-state index < -0.39 is 0 Å². The zero-order valence-electron chi connectivity index (χ0n) is 9.34. The lowest BCUT2D eigenvalue weighted by molar-refractivity contribution is 0.0189. The highest BCUT2D eigenvalue weighted by atomic mass is 15.4.